The number of amides is 1. The number of hydrogen-bond donors (Lipinski definition) is 1. The number of aromatic nitrogens is 3. The summed E-state index contributed by atoms with van der Waals surface area (Å²) in [5, 5.41) is 11.7. The average molecular weight is 378 g/mol. The van der Waals surface area contributed by atoms with Crippen molar-refractivity contribution < 1.29 is 9.18 Å². The van der Waals surface area contributed by atoms with Crippen molar-refractivity contribution in [2.24, 2.45) is 0 Å². The second-order valence-electron chi connectivity index (χ2n) is 6.42. The summed E-state index contributed by atoms with van der Waals surface area (Å²) in [7, 11) is 0. The van der Waals surface area contributed by atoms with E-state index in [1.54, 1.807) is 17.3 Å². The normalized spacial score (nSPS) is 14.0. The molecule has 28 heavy (non-hydrogen) atoms. The maximum Gasteiger partial charge on any atom is 0.253 e. The topological polar surface area (TPSA) is 74.2 Å². The molecule has 3 heterocycles. The number of nitrogens with one attached hydrogen (secondary N) is 1. The summed E-state index contributed by atoms with van der Waals surface area (Å²) in [6.07, 6.45) is 3.41. The highest BCUT2D eigenvalue weighted by Crippen LogP contribution is 2.18. The zero-order valence-electron chi connectivity index (χ0n) is 15.1. The molecule has 0 aliphatic carbocycles. The summed E-state index contributed by atoms with van der Waals surface area (Å²) in [6.45, 7) is 2.49. The SMILES string of the molecule is O=C(c1ccc(F)cc1)N1CCN(c2ccc(Nc3ccncc3)nn2)CC1. The third-order valence-electron chi connectivity index (χ3n) is 4.59. The number of nitrogens with zero attached hydrogens (tertiary/aromatic N) is 5. The first kappa shape index (κ1) is 17.8. The minimum Gasteiger partial charge on any atom is -0.352 e. The minimum atomic E-state index is -0.346. The minimum absolute atomic E-state index is 0.0809. The van der Waals surface area contributed by atoms with Crippen LogP contribution in [0, 0.1) is 5.82 Å². The number of piperazine rings is 1. The van der Waals surface area contributed by atoms with E-state index in [4.69, 9.17) is 0 Å². The molecule has 7 nitrogen and oxygen atoms in total. The van der Waals surface area contributed by atoms with Gasteiger partial charge in [0.05, 0.1) is 0 Å². The number of rotatable bonds is 4. The van der Waals surface area contributed by atoms with Crippen LogP contribution in [0.3, 0.4) is 0 Å². The number of benzene rings is 1. The fourth-order valence-corrected chi connectivity index (χ4v) is 3.06. The molecule has 1 aliphatic heterocycles. The van der Waals surface area contributed by atoms with Crippen LogP contribution in [0.15, 0.2) is 60.9 Å². The highest BCUT2D eigenvalue weighted by atomic mass is 19.1. The lowest BCUT2D eigenvalue weighted by Crippen LogP contribution is -2.49. The van der Waals surface area contributed by atoms with Crippen molar-refractivity contribution >= 4 is 23.2 Å². The van der Waals surface area contributed by atoms with Crippen molar-refractivity contribution in [1.29, 1.82) is 0 Å². The smallest absolute Gasteiger partial charge is 0.253 e. The average Bonchev–Trinajstić information content (AvgIpc) is 2.75. The number of halogens is 1. The van der Waals surface area contributed by atoms with Gasteiger partial charge in [-0.1, -0.05) is 0 Å². The highest BCUT2D eigenvalue weighted by molar-refractivity contribution is 5.94. The quantitative estimate of drug-likeness (QED) is 0.753. The summed E-state index contributed by atoms with van der Waals surface area (Å²) < 4.78 is 13.0. The lowest BCUT2D eigenvalue weighted by Gasteiger charge is -2.35. The molecule has 0 radical (unpaired) electrons. The summed E-state index contributed by atoms with van der Waals surface area (Å²) in [5.74, 6) is 0.999. The van der Waals surface area contributed by atoms with Crippen LogP contribution in [0.2, 0.25) is 0 Å². The molecule has 0 bridgehead atoms. The Balaban J connectivity index is 1.34. The number of carbonyl (C=O) groups is 1. The summed E-state index contributed by atoms with van der Waals surface area (Å²) >= 11 is 0. The first-order valence-electron chi connectivity index (χ1n) is 8.99. The molecule has 142 valence electrons. The van der Waals surface area contributed by atoms with E-state index < -0.39 is 0 Å². The van der Waals surface area contributed by atoms with Gasteiger partial charge >= 0.3 is 0 Å². The van der Waals surface area contributed by atoms with E-state index in [0.29, 0.717) is 37.6 Å². The van der Waals surface area contributed by atoms with Gasteiger partial charge in [0.15, 0.2) is 11.6 Å². The van der Waals surface area contributed by atoms with Crippen molar-refractivity contribution in [3.05, 3.63) is 72.3 Å². The van der Waals surface area contributed by atoms with E-state index >= 15 is 0 Å². The maximum atomic E-state index is 13.0. The fraction of sp³-hybridized carbons (Fsp3) is 0.200. The van der Waals surface area contributed by atoms with Crippen LogP contribution in [0.4, 0.5) is 21.7 Å². The van der Waals surface area contributed by atoms with E-state index in [9.17, 15) is 9.18 Å². The van der Waals surface area contributed by atoms with Crippen molar-refractivity contribution in [1.82, 2.24) is 20.1 Å². The molecule has 8 heteroatoms. The lowest BCUT2D eigenvalue weighted by molar-refractivity contribution is 0.0746. The molecule has 1 saturated heterocycles. The molecule has 2 aromatic heterocycles. The van der Waals surface area contributed by atoms with Crippen LogP contribution < -0.4 is 10.2 Å². The fourth-order valence-electron chi connectivity index (χ4n) is 3.06. The predicted octanol–water partition coefficient (Wildman–Crippen LogP) is 2.72. The van der Waals surface area contributed by atoms with Gasteiger partial charge in [-0.05, 0) is 48.5 Å². The van der Waals surface area contributed by atoms with Crippen LogP contribution in [0.25, 0.3) is 0 Å². The van der Waals surface area contributed by atoms with Crippen LogP contribution in [0.1, 0.15) is 10.4 Å². The number of carbonyl (C=O) groups excluding carboxylic acids is 1. The van der Waals surface area contributed by atoms with E-state index in [-0.39, 0.29) is 11.7 Å². The van der Waals surface area contributed by atoms with Gasteiger partial charge in [0.1, 0.15) is 5.82 Å². The Morgan fingerprint density at radius 2 is 1.61 bits per heavy atom. The lowest BCUT2D eigenvalue weighted by atomic mass is 10.2. The van der Waals surface area contributed by atoms with Gasteiger partial charge in [-0.25, -0.2) is 4.39 Å². The van der Waals surface area contributed by atoms with Crippen LogP contribution >= 0.6 is 0 Å². The molecule has 1 N–H and O–H groups in total. The standard InChI is InChI=1S/C20H19FN6O/c21-16-3-1-15(2-4-16)20(28)27-13-11-26(12-14-27)19-6-5-18(24-25-19)23-17-7-9-22-10-8-17/h1-10H,11-14H2,(H,22,23,24). The maximum absolute atomic E-state index is 13.0. The largest absolute Gasteiger partial charge is 0.352 e. The van der Waals surface area contributed by atoms with Gasteiger partial charge < -0.3 is 15.1 Å². The second-order valence-corrected chi connectivity index (χ2v) is 6.42. The highest BCUT2D eigenvalue weighted by Gasteiger charge is 2.23. The Kier molecular flexibility index (Phi) is 5.09. The van der Waals surface area contributed by atoms with Crippen molar-refractivity contribution in [2.75, 3.05) is 36.4 Å². The van der Waals surface area contributed by atoms with Gasteiger partial charge in [0, 0.05) is 49.8 Å². The zero-order valence-corrected chi connectivity index (χ0v) is 15.1. The molecule has 3 aromatic rings. The van der Waals surface area contributed by atoms with E-state index in [1.807, 2.05) is 24.3 Å². The third kappa shape index (κ3) is 4.06. The zero-order chi connectivity index (χ0) is 19.3. The van der Waals surface area contributed by atoms with Gasteiger partial charge in [-0.15, -0.1) is 10.2 Å². The van der Waals surface area contributed by atoms with Gasteiger partial charge in [0.25, 0.3) is 5.91 Å². The molecule has 1 fully saturated rings. The summed E-state index contributed by atoms with van der Waals surface area (Å²) in [5.41, 5.74) is 1.39. The molecule has 0 atom stereocenters. The van der Waals surface area contributed by atoms with E-state index in [1.165, 1.54) is 24.3 Å². The second kappa shape index (κ2) is 7.99. The molecule has 0 unspecified atom stereocenters. The van der Waals surface area contributed by atoms with E-state index in [2.05, 4.69) is 25.4 Å². The predicted molar refractivity (Wildman–Crippen MR) is 104 cm³/mol. The Hall–Kier alpha value is -3.55. The molecular formula is C20H19FN6O. The molecule has 1 aromatic carbocycles. The van der Waals surface area contributed by atoms with Crippen molar-refractivity contribution in [3.8, 4) is 0 Å². The summed E-state index contributed by atoms with van der Waals surface area (Å²) in [6, 6.07) is 13.1. The Labute approximate surface area is 161 Å². The molecule has 1 aliphatic rings. The molecule has 0 saturated carbocycles. The van der Waals surface area contributed by atoms with Crippen molar-refractivity contribution in [3.63, 3.8) is 0 Å². The van der Waals surface area contributed by atoms with Gasteiger partial charge in [-0.2, -0.15) is 0 Å². The van der Waals surface area contributed by atoms with Crippen LogP contribution in [-0.2, 0) is 0 Å². The van der Waals surface area contributed by atoms with Crippen LogP contribution in [-0.4, -0.2) is 52.2 Å². The molecular weight excluding hydrogens is 359 g/mol. The number of pyridine rings is 1. The first-order valence-corrected chi connectivity index (χ1v) is 8.99. The van der Waals surface area contributed by atoms with E-state index in [0.717, 1.165) is 11.5 Å². The molecule has 1 amide bonds. The Bertz CT molecular complexity index is 925. The Morgan fingerprint density at radius 3 is 2.25 bits per heavy atom. The van der Waals surface area contributed by atoms with Gasteiger partial charge in [0.2, 0.25) is 0 Å². The first-order chi connectivity index (χ1) is 13.7. The van der Waals surface area contributed by atoms with Gasteiger partial charge in [-0.3, -0.25) is 9.78 Å². The number of hydrogen-bond acceptors (Lipinski definition) is 6. The Morgan fingerprint density at radius 1 is 0.893 bits per heavy atom. The van der Waals surface area contributed by atoms with Crippen molar-refractivity contribution in [2.45, 2.75) is 0 Å². The monoisotopic (exact) mass is 378 g/mol. The van der Waals surface area contributed by atoms with Crippen LogP contribution in [0.5, 0.6) is 0 Å². The third-order valence-corrected chi connectivity index (χ3v) is 4.59. The summed E-state index contributed by atoms with van der Waals surface area (Å²) in [4.78, 5) is 20.4. The molecule has 4 rings (SSSR count). The molecule has 0 spiro atoms. The number of anilines is 3.